The van der Waals surface area contributed by atoms with Crippen molar-refractivity contribution in [3.8, 4) is 17.0 Å². The van der Waals surface area contributed by atoms with Crippen LogP contribution in [-0.2, 0) is 0 Å². The van der Waals surface area contributed by atoms with E-state index in [1.165, 1.54) is 7.11 Å². The fourth-order valence-corrected chi connectivity index (χ4v) is 1.70. The number of nitrogens with zero attached hydrogens (tertiary/aromatic N) is 2. The summed E-state index contributed by atoms with van der Waals surface area (Å²) in [5, 5.41) is 3.08. The molecule has 5 heteroatoms. The third-order valence-electron chi connectivity index (χ3n) is 2.65. The molecule has 19 heavy (non-hydrogen) atoms. The molecule has 100 valence electrons. The van der Waals surface area contributed by atoms with Crippen LogP contribution in [0.4, 0.5) is 10.3 Å². The van der Waals surface area contributed by atoms with E-state index in [9.17, 15) is 4.39 Å². The van der Waals surface area contributed by atoms with Crippen LogP contribution in [0, 0.1) is 5.82 Å². The van der Waals surface area contributed by atoms with Crippen LogP contribution in [0.15, 0.2) is 30.5 Å². The smallest absolute Gasteiger partial charge is 0.223 e. The maximum Gasteiger partial charge on any atom is 0.223 e. The van der Waals surface area contributed by atoms with Crippen LogP contribution in [0.5, 0.6) is 5.75 Å². The number of hydrogen-bond donors (Lipinski definition) is 1. The number of hydrogen-bond acceptors (Lipinski definition) is 4. The first-order valence-electron chi connectivity index (χ1n) is 6.16. The number of methoxy groups -OCH3 is 1. The number of anilines is 1. The Morgan fingerprint density at radius 2 is 2.16 bits per heavy atom. The lowest BCUT2D eigenvalue weighted by atomic mass is 10.1. The monoisotopic (exact) mass is 261 g/mol. The van der Waals surface area contributed by atoms with E-state index < -0.39 is 5.82 Å². The first-order chi connectivity index (χ1) is 9.26. The summed E-state index contributed by atoms with van der Waals surface area (Å²) in [5.41, 5.74) is 0.936. The van der Waals surface area contributed by atoms with Crippen molar-refractivity contribution in [1.29, 1.82) is 0 Å². The minimum atomic E-state index is -0.412. The first-order valence-corrected chi connectivity index (χ1v) is 6.16. The van der Waals surface area contributed by atoms with Crippen molar-refractivity contribution in [3.63, 3.8) is 0 Å². The van der Waals surface area contributed by atoms with Gasteiger partial charge in [0.2, 0.25) is 5.95 Å². The standard InChI is InChI=1S/C14H16FN3O/c1-3-8-16-14-17-9-7-11(18-14)10-5-4-6-12(19-2)13(10)15/h4-7,9H,3,8H2,1-2H3,(H,16,17,18). The van der Waals surface area contributed by atoms with E-state index in [0.29, 0.717) is 17.2 Å². The van der Waals surface area contributed by atoms with Gasteiger partial charge in [0.25, 0.3) is 0 Å². The minimum absolute atomic E-state index is 0.208. The summed E-state index contributed by atoms with van der Waals surface area (Å²) >= 11 is 0. The highest BCUT2D eigenvalue weighted by atomic mass is 19.1. The summed E-state index contributed by atoms with van der Waals surface area (Å²) in [5.74, 6) is 0.297. The van der Waals surface area contributed by atoms with Gasteiger partial charge in [0, 0.05) is 18.3 Å². The number of halogens is 1. The van der Waals surface area contributed by atoms with E-state index in [-0.39, 0.29) is 5.75 Å². The number of nitrogens with one attached hydrogen (secondary N) is 1. The SMILES string of the molecule is CCCNc1nccc(-c2cccc(OC)c2F)n1. The molecule has 0 bridgehead atoms. The Bertz CT molecular complexity index is 560. The summed E-state index contributed by atoms with van der Waals surface area (Å²) in [4.78, 5) is 8.40. The molecule has 1 aromatic carbocycles. The fourth-order valence-electron chi connectivity index (χ4n) is 1.70. The van der Waals surface area contributed by atoms with E-state index in [0.717, 1.165) is 13.0 Å². The minimum Gasteiger partial charge on any atom is -0.494 e. The quantitative estimate of drug-likeness (QED) is 0.898. The Labute approximate surface area is 111 Å². The van der Waals surface area contributed by atoms with Gasteiger partial charge in [-0.05, 0) is 24.6 Å². The second kappa shape index (κ2) is 6.13. The summed E-state index contributed by atoms with van der Waals surface area (Å²) in [7, 11) is 1.44. The normalized spacial score (nSPS) is 10.3. The maximum absolute atomic E-state index is 14.1. The third kappa shape index (κ3) is 2.99. The van der Waals surface area contributed by atoms with Crippen molar-refractivity contribution in [3.05, 3.63) is 36.3 Å². The zero-order valence-corrected chi connectivity index (χ0v) is 11.0. The Morgan fingerprint density at radius 3 is 2.89 bits per heavy atom. The molecule has 0 fully saturated rings. The van der Waals surface area contributed by atoms with E-state index in [1.807, 2.05) is 0 Å². The molecule has 0 spiro atoms. The third-order valence-corrected chi connectivity index (χ3v) is 2.65. The van der Waals surface area contributed by atoms with Gasteiger partial charge < -0.3 is 10.1 Å². The van der Waals surface area contributed by atoms with Crippen LogP contribution < -0.4 is 10.1 Å². The van der Waals surface area contributed by atoms with Gasteiger partial charge in [0.15, 0.2) is 11.6 Å². The molecule has 1 N–H and O–H groups in total. The molecule has 2 rings (SSSR count). The highest BCUT2D eigenvalue weighted by Crippen LogP contribution is 2.27. The van der Waals surface area contributed by atoms with Crippen molar-refractivity contribution in [2.75, 3.05) is 19.0 Å². The van der Waals surface area contributed by atoms with Gasteiger partial charge in [-0.1, -0.05) is 13.0 Å². The molecule has 0 unspecified atom stereocenters. The van der Waals surface area contributed by atoms with Crippen LogP contribution in [-0.4, -0.2) is 23.6 Å². The molecule has 4 nitrogen and oxygen atoms in total. The maximum atomic E-state index is 14.1. The Morgan fingerprint density at radius 1 is 1.32 bits per heavy atom. The number of rotatable bonds is 5. The molecule has 0 aliphatic heterocycles. The predicted octanol–water partition coefficient (Wildman–Crippen LogP) is 3.11. The predicted molar refractivity (Wildman–Crippen MR) is 72.8 cm³/mol. The zero-order chi connectivity index (χ0) is 13.7. The number of aromatic nitrogens is 2. The average Bonchev–Trinajstić information content (AvgIpc) is 2.45. The summed E-state index contributed by atoms with van der Waals surface area (Å²) in [6, 6.07) is 6.66. The van der Waals surface area contributed by atoms with Crippen molar-refractivity contribution in [1.82, 2.24) is 9.97 Å². The van der Waals surface area contributed by atoms with Crippen molar-refractivity contribution in [2.45, 2.75) is 13.3 Å². The summed E-state index contributed by atoms with van der Waals surface area (Å²) < 4.78 is 19.1. The molecule has 1 heterocycles. The molecule has 1 aromatic heterocycles. The molecule has 0 aliphatic rings. The van der Waals surface area contributed by atoms with E-state index in [1.54, 1.807) is 30.5 Å². The highest BCUT2D eigenvalue weighted by Gasteiger charge is 2.11. The molecular weight excluding hydrogens is 245 g/mol. The second-order valence-corrected chi connectivity index (χ2v) is 4.01. The van der Waals surface area contributed by atoms with Crippen LogP contribution in [0.2, 0.25) is 0 Å². The molecular formula is C14H16FN3O. The van der Waals surface area contributed by atoms with Gasteiger partial charge >= 0.3 is 0 Å². The lowest BCUT2D eigenvalue weighted by Gasteiger charge is -2.08. The first kappa shape index (κ1) is 13.3. The molecule has 0 radical (unpaired) electrons. The highest BCUT2D eigenvalue weighted by molar-refractivity contribution is 5.63. The van der Waals surface area contributed by atoms with Gasteiger partial charge in [0.1, 0.15) is 0 Å². The van der Waals surface area contributed by atoms with Crippen molar-refractivity contribution in [2.24, 2.45) is 0 Å². The largest absolute Gasteiger partial charge is 0.494 e. The lowest BCUT2D eigenvalue weighted by Crippen LogP contribution is -2.04. The lowest BCUT2D eigenvalue weighted by molar-refractivity contribution is 0.387. The van der Waals surface area contributed by atoms with Crippen molar-refractivity contribution >= 4 is 5.95 Å². The number of ether oxygens (including phenoxy) is 1. The summed E-state index contributed by atoms with van der Waals surface area (Å²) in [6.07, 6.45) is 2.58. The fraction of sp³-hybridized carbons (Fsp3) is 0.286. The molecule has 2 aromatic rings. The molecule has 0 amide bonds. The molecule has 0 aliphatic carbocycles. The molecule has 0 saturated carbocycles. The topological polar surface area (TPSA) is 47.0 Å². The van der Waals surface area contributed by atoms with Crippen molar-refractivity contribution < 1.29 is 9.13 Å². The van der Waals surface area contributed by atoms with Crippen LogP contribution in [0.3, 0.4) is 0 Å². The molecule has 0 atom stereocenters. The molecule has 0 saturated heterocycles. The van der Waals surface area contributed by atoms with Crippen LogP contribution in [0.25, 0.3) is 11.3 Å². The summed E-state index contributed by atoms with van der Waals surface area (Å²) in [6.45, 7) is 2.84. The van der Waals surface area contributed by atoms with Crippen LogP contribution in [0.1, 0.15) is 13.3 Å². The Kier molecular flexibility index (Phi) is 4.28. The van der Waals surface area contributed by atoms with Gasteiger partial charge in [-0.2, -0.15) is 0 Å². The van der Waals surface area contributed by atoms with E-state index >= 15 is 0 Å². The number of benzene rings is 1. The Hall–Kier alpha value is -2.17. The van der Waals surface area contributed by atoms with E-state index in [4.69, 9.17) is 4.74 Å². The Balaban J connectivity index is 2.36. The van der Waals surface area contributed by atoms with Crippen LogP contribution >= 0.6 is 0 Å². The average molecular weight is 261 g/mol. The van der Waals surface area contributed by atoms with Gasteiger partial charge in [0.05, 0.1) is 12.8 Å². The second-order valence-electron chi connectivity index (χ2n) is 4.01. The van der Waals surface area contributed by atoms with Gasteiger partial charge in [-0.25, -0.2) is 14.4 Å². The van der Waals surface area contributed by atoms with E-state index in [2.05, 4.69) is 22.2 Å². The van der Waals surface area contributed by atoms with Gasteiger partial charge in [-0.15, -0.1) is 0 Å². The zero-order valence-electron chi connectivity index (χ0n) is 11.0. The van der Waals surface area contributed by atoms with Gasteiger partial charge in [-0.3, -0.25) is 0 Å².